The average Bonchev–Trinajstić information content (AvgIpc) is 3.29. The van der Waals surface area contributed by atoms with Crippen molar-refractivity contribution in [3.63, 3.8) is 0 Å². The molecule has 0 fully saturated rings. The number of fused-ring (bicyclic) bond motifs is 1. The molecule has 1 atom stereocenters. The van der Waals surface area contributed by atoms with E-state index in [0.29, 0.717) is 22.9 Å². The summed E-state index contributed by atoms with van der Waals surface area (Å²) in [6, 6.07) is 10.6. The van der Waals surface area contributed by atoms with Crippen LogP contribution in [0.15, 0.2) is 59.8 Å². The molecule has 0 saturated heterocycles. The van der Waals surface area contributed by atoms with Gasteiger partial charge in [-0.3, -0.25) is 19.4 Å². The molecule has 0 spiro atoms. The molecule has 0 aliphatic carbocycles. The third kappa shape index (κ3) is 3.54. The molecule has 0 saturated carbocycles. The molecule has 1 amide bonds. The van der Waals surface area contributed by atoms with Crippen molar-refractivity contribution in [2.75, 3.05) is 5.32 Å². The quantitative estimate of drug-likeness (QED) is 0.542. The Morgan fingerprint density at radius 2 is 2.11 bits per heavy atom. The molecule has 0 aliphatic heterocycles. The van der Waals surface area contributed by atoms with Gasteiger partial charge in [0.2, 0.25) is 0 Å². The third-order valence-electron chi connectivity index (χ3n) is 4.36. The van der Waals surface area contributed by atoms with Crippen LogP contribution in [0.2, 0.25) is 5.02 Å². The molecule has 1 unspecified atom stereocenters. The lowest BCUT2D eigenvalue weighted by Gasteiger charge is -2.11. The van der Waals surface area contributed by atoms with E-state index in [1.807, 2.05) is 25.1 Å². The maximum atomic E-state index is 12.7. The van der Waals surface area contributed by atoms with Crippen LogP contribution in [-0.4, -0.2) is 30.3 Å². The van der Waals surface area contributed by atoms with Crippen molar-refractivity contribution >= 4 is 28.8 Å². The predicted molar refractivity (Wildman–Crippen MR) is 106 cm³/mol. The molecule has 4 rings (SSSR count). The first-order valence-corrected chi connectivity index (χ1v) is 9.04. The molecule has 0 radical (unpaired) electrons. The number of anilines is 1. The zero-order chi connectivity index (χ0) is 19.7. The van der Waals surface area contributed by atoms with Crippen molar-refractivity contribution in [3.05, 3.63) is 81.6 Å². The van der Waals surface area contributed by atoms with Gasteiger partial charge in [-0.05, 0) is 12.1 Å². The van der Waals surface area contributed by atoms with E-state index >= 15 is 0 Å². The van der Waals surface area contributed by atoms with Gasteiger partial charge in [0.05, 0.1) is 16.9 Å². The van der Waals surface area contributed by atoms with Crippen LogP contribution in [0.1, 0.15) is 28.9 Å². The molecule has 8 nitrogen and oxygen atoms in total. The van der Waals surface area contributed by atoms with Crippen molar-refractivity contribution in [2.24, 2.45) is 0 Å². The number of carbonyl (C=O) groups is 1. The highest BCUT2D eigenvalue weighted by atomic mass is 35.5. The molecule has 9 heteroatoms. The Hall–Kier alpha value is -3.39. The van der Waals surface area contributed by atoms with E-state index in [1.54, 1.807) is 29.2 Å². The van der Waals surface area contributed by atoms with Gasteiger partial charge in [-0.1, -0.05) is 36.7 Å². The average molecular weight is 397 g/mol. The number of hydrogen-bond donors (Lipinski definition) is 2. The number of amides is 1. The van der Waals surface area contributed by atoms with Gasteiger partial charge in [-0.25, -0.2) is 9.50 Å². The molecule has 0 aliphatic rings. The lowest BCUT2D eigenvalue weighted by atomic mass is 10.1. The third-order valence-corrected chi connectivity index (χ3v) is 4.56. The van der Waals surface area contributed by atoms with Gasteiger partial charge in [-0.2, -0.15) is 5.10 Å². The number of hydrogen-bond acceptors (Lipinski definition) is 4. The van der Waals surface area contributed by atoms with Gasteiger partial charge in [0.1, 0.15) is 5.56 Å². The molecule has 1 aromatic carbocycles. The Bertz CT molecular complexity index is 1190. The Balaban J connectivity index is 1.66. The van der Waals surface area contributed by atoms with E-state index in [0.717, 1.165) is 0 Å². The topological polar surface area (TPSA) is 97.1 Å². The first-order valence-electron chi connectivity index (χ1n) is 8.66. The predicted octanol–water partition coefficient (Wildman–Crippen LogP) is 2.93. The molecule has 3 heterocycles. The van der Waals surface area contributed by atoms with Crippen molar-refractivity contribution in [2.45, 2.75) is 19.4 Å². The number of nitrogens with one attached hydrogen (secondary N) is 2. The monoisotopic (exact) mass is 396 g/mol. The fourth-order valence-electron chi connectivity index (χ4n) is 2.95. The molecule has 4 aromatic rings. The van der Waals surface area contributed by atoms with Crippen LogP contribution >= 0.6 is 11.6 Å². The van der Waals surface area contributed by atoms with Gasteiger partial charge in [0.15, 0.2) is 5.65 Å². The van der Waals surface area contributed by atoms with E-state index in [9.17, 15) is 9.59 Å². The largest absolute Gasteiger partial charge is 0.322 e. The lowest BCUT2D eigenvalue weighted by molar-refractivity contribution is 0.102. The second-order valence-corrected chi connectivity index (χ2v) is 6.90. The van der Waals surface area contributed by atoms with Crippen LogP contribution in [0.5, 0.6) is 0 Å². The van der Waals surface area contributed by atoms with E-state index in [4.69, 9.17) is 11.6 Å². The fraction of sp³-hybridized carbons (Fsp3) is 0.158. The standard InChI is InChI=1S/C19H17ClN6O2/c1-12(10-25-11-13(20)8-21-25)16-7-17(27)26-18(24-16)15(9-22-26)19(28)23-14-5-3-2-4-6-14/h2-9,11-12,22H,10H2,1H3,(H,23,28). The van der Waals surface area contributed by atoms with Crippen molar-refractivity contribution in [3.8, 4) is 0 Å². The molecular weight excluding hydrogens is 380 g/mol. The number of para-hydroxylation sites is 1. The molecule has 0 bridgehead atoms. The Kier molecular flexibility index (Phi) is 4.70. The summed E-state index contributed by atoms with van der Waals surface area (Å²) in [6.45, 7) is 2.44. The summed E-state index contributed by atoms with van der Waals surface area (Å²) >= 11 is 5.90. The van der Waals surface area contributed by atoms with Gasteiger partial charge in [0, 0.05) is 36.6 Å². The second-order valence-electron chi connectivity index (χ2n) is 6.47. The highest BCUT2D eigenvalue weighted by Gasteiger charge is 2.18. The molecule has 142 valence electrons. The normalized spacial score (nSPS) is 12.2. The summed E-state index contributed by atoms with van der Waals surface area (Å²) in [5, 5.41) is 10.3. The van der Waals surface area contributed by atoms with E-state index in [-0.39, 0.29) is 28.6 Å². The maximum absolute atomic E-state index is 12.7. The number of halogens is 1. The Morgan fingerprint density at radius 3 is 2.82 bits per heavy atom. The Labute approximate surface area is 164 Å². The number of nitrogens with zero attached hydrogens (tertiary/aromatic N) is 4. The number of aromatic amines is 1. The zero-order valence-corrected chi connectivity index (χ0v) is 15.7. The summed E-state index contributed by atoms with van der Waals surface area (Å²) in [7, 11) is 0. The highest BCUT2D eigenvalue weighted by molar-refractivity contribution is 6.30. The van der Waals surface area contributed by atoms with Gasteiger partial charge < -0.3 is 5.32 Å². The summed E-state index contributed by atoms with van der Waals surface area (Å²) in [6.07, 6.45) is 4.74. The first-order chi connectivity index (χ1) is 13.5. The fourth-order valence-corrected chi connectivity index (χ4v) is 3.11. The zero-order valence-electron chi connectivity index (χ0n) is 15.0. The molecule has 28 heavy (non-hydrogen) atoms. The summed E-state index contributed by atoms with van der Waals surface area (Å²) in [5.74, 6) is -0.450. The van der Waals surface area contributed by atoms with Crippen molar-refractivity contribution < 1.29 is 4.79 Å². The first kappa shape index (κ1) is 18.0. The summed E-state index contributed by atoms with van der Waals surface area (Å²) < 4.78 is 2.94. The molecule has 2 N–H and O–H groups in total. The van der Waals surface area contributed by atoms with Crippen molar-refractivity contribution in [1.82, 2.24) is 24.4 Å². The Morgan fingerprint density at radius 1 is 1.32 bits per heavy atom. The number of rotatable bonds is 5. The maximum Gasteiger partial charge on any atom is 0.272 e. The SMILES string of the molecule is CC(Cn1cc(Cl)cn1)c1cc(=O)n2[nH]cc(C(=O)Nc3ccccc3)c2n1. The van der Waals surface area contributed by atoms with Crippen LogP contribution in [-0.2, 0) is 6.54 Å². The van der Waals surface area contributed by atoms with E-state index in [2.05, 4.69) is 20.5 Å². The molecule has 3 aromatic heterocycles. The van der Waals surface area contributed by atoms with Gasteiger partial charge in [0.25, 0.3) is 11.5 Å². The second kappa shape index (κ2) is 7.32. The highest BCUT2D eigenvalue weighted by Crippen LogP contribution is 2.18. The van der Waals surface area contributed by atoms with Crippen molar-refractivity contribution in [1.29, 1.82) is 0 Å². The minimum absolute atomic E-state index is 0.103. The number of H-pyrrole nitrogens is 1. The van der Waals surface area contributed by atoms with Crippen LogP contribution in [0, 0.1) is 0 Å². The van der Waals surface area contributed by atoms with E-state index < -0.39 is 0 Å². The lowest BCUT2D eigenvalue weighted by Crippen LogP contribution is -2.19. The van der Waals surface area contributed by atoms with Crippen LogP contribution in [0.3, 0.4) is 0 Å². The van der Waals surface area contributed by atoms with Gasteiger partial charge >= 0.3 is 0 Å². The van der Waals surface area contributed by atoms with Crippen LogP contribution in [0.25, 0.3) is 5.65 Å². The number of benzene rings is 1. The summed E-state index contributed by atoms with van der Waals surface area (Å²) in [4.78, 5) is 29.7. The van der Waals surface area contributed by atoms with Gasteiger partial charge in [-0.15, -0.1) is 0 Å². The minimum atomic E-state index is -0.347. The minimum Gasteiger partial charge on any atom is -0.322 e. The number of carbonyl (C=O) groups excluding carboxylic acids is 1. The van der Waals surface area contributed by atoms with E-state index in [1.165, 1.54) is 16.8 Å². The summed E-state index contributed by atoms with van der Waals surface area (Å²) in [5.41, 5.74) is 1.52. The number of aromatic nitrogens is 5. The smallest absolute Gasteiger partial charge is 0.272 e. The van der Waals surface area contributed by atoms with Crippen LogP contribution in [0.4, 0.5) is 5.69 Å². The van der Waals surface area contributed by atoms with Crippen LogP contribution < -0.4 is 10.9 Å². The molecular formula is C19H17ClN6O2.